The van der Waals surface area contributed by atoms with Gasteiger partial charge in [-0.05, 0) is 48.7 Å². The highest BCUT2D eigenvalue weighted by Gasteiger charge is 2.27. The van der Waals surface area contributed by atoms with Gasteiger partial charge in [-0.3, -0.25) is 5.10 Å². The third kappa shape index (κ3) is 2.54. The number of H-pyrrole nitrogens is 1. The molecule has 2 heterocycles. The van der Waals surface area contributed by atoms with E-state index < -0.39 is 0 Å². The highest BCUT2D eigenvalue weighted by atomic mass is 19.1. The maximum absolute atomic E-state index is 14.5. The number of hydrogen-bond acceptors (Lipinski definition) is 5. The van der Waals surface area contributed by atoms with E-state index in [4.69, 9.17) is 9.68 Å². The van der Waals surface area contributed by atoms with Crippen molar-refractivity contribution in [1.29, 1.82) is 5.26 Å². The number of halogens is 1. The molecular formula is C20H14FN5O. The Morgan fingerprint density at radius 2 is 2.22 bits per heavy atom. The molecule has 132 valence electrons. The Bertz CT molecular complexity index is 1190. The lowest BCUT2D eigenvalue weighted by Gasteiger charge is -2.16. The smallest absolute Gasteiger partial charge is 0.181 e. The standard InChI is InChI=1S/C20H14FN5O/c21-15-6-11(8-22)5-12-1-3-17(19(12)15)24-13-2-4-16-14(7-13)20(26-25-16)18-9-23-10-27-18/h2,4-7,9-10,17,24H,1,3H2,(H,25,26)/t17-/m1/s1. The van der Waals surface area contributed by atoms with Crippen molar-refractivity contribution < 1.29 is 8.81 Å². The normalized spacial score (nSPS) is 15.6. The molecule has 0 saturated carbocycles. The first-order chi connectivity index (χ1) is 13.2. The van der Waals surface area contributed by atoms with Gasteiger partial charge in [0.15, 0.2) is 12.2 Å². The number of nitrogens with zero attached hydrogens (tertiary/aromatic N) is 3. The average Bonchev–Trinajstić information content (AvgIpc) is 3.40. The molecule has 1 atom stereocenters. The van der Waals surface area contributed by atoms with E-state index in [-0.39, 0.29) is 11.9 Å². The topological polar surface area (TPSA) is 90.5 Å². The monoisotopic (exact) mass is 359 g/mol. The van der Waals surface area contributed by atoms with Crippen molar-refractivity contribution in [2.24, 2.45) is 0 Å². The van der Waals surface area contributed by atoms with Crippen LogP contribution in [0, 0.1) is 17.1 Å². The number of anilines is 1. The lowest BCUT2D eigenvalue weighted by Crippen LogP contribution is -2.09. The summed E-state index contributed by atoms with van der Waals surface area (Å²) in [4.78, 5) is 3.94. The SMILES string of the molecule is N#Cc1cc(F)c2c(c1)CC[C@H]2Nc1ccc2[nH]nc(-c3cnco3)c2c1. The van der Waals surface area contributed by atoms with Gasteiger partial charge in [-0.2, -0.15) is 10.4 Å². The second kappa shape index (κ2) is 5.95. The van der Waals surface area contributed by atoms with E-state index in [1.807, 2.05) is 24.3 Å². The number of rotatable bonds is 3. The largest absolute Gasteiger partial charge is 0.442 e. The van der Waals surface area contributed by atoms with Crippen molar-refractivity contribution in [2.45, 2.75) is 18.9 Å². The molecule has 27 heavy (non-hydrogen) atoms. The van der Waals surface area contributed by atoms with Gasteiger partial charge in [-0.25, -0.2) is 9.37 Å². The van der Waals surface area contributed by atoms with Crippen LogP contribution >= 0.6 is 0 Å². The van der Waals surface area contributed by atoms with Crippen molar-refractivity contribution in [1.82, 2.24) is 15.2 Å². The Kier molecular flexibility index (Phi) is 3.44. The minimum atomic E-state index is -0.328. The number of oxazole rings is 1. The van der Waals surface area contributed by atoms with E-state index in [1.54, 1.807) is 12.3 Å². The quantitative estimate of drug-likeness (QED) is 0.568. The number of fused-ring (bicyclic) bond motifs is 2. The maximum Gasteiger partial charge on any atom is 0.181 e. The number of hydrogen-bond donors (Lipinski definition) is 2. The van der Waals surface area contributed by atoms with Gasteiger partial charge in [-0.15, -0.1) is 0 Å². The van der Waals surface area contributed by atoms with E-state index in [9.17, 15) is 4.39 Å². The summed E-state index contributed by atoms with van der Waals surface area (Å²) in [5.74, 6) is 0.255. The van der Waals surface area contributed by atoms with Crippen molar-refractivity contribution in [3.8, 4) is 17.5 Å². The van der Waals surface area contributed by atoms with Crippen LogP contribution in [0.4, 0.5) is 10.1 Å². The van der Waals surface area contributed by atoms with Gasteiger partial charge in [0.1, 0.15) is 11.5 Å². The highest BCUT2D eigenvalue weighted by molar-refractivity contribution is 5.93. The summed E-state index contributed by atoms with van der Waals surface area (Å²) in [6.45, 7) is 0. The molecular weight excluding hydrogens is 345 g/mol. The Morgan fingerprint density at radius 3 is 3.04 bits per heavy atom. The minimum Gasteiger partial charge on any atom is -0.442 e. The fourth-order valence-corrected chi connectivity index (χ4v) is 3.75. The van der Waals surface area contributed by atoms with Crippen molar-refractivity contribution in [3.05, 3.63) is 65.4 Å². The molecule has 6 nitrogen and oxygen atoms in total. The first-order valence-electron chi connectivity index (χ1n) is 8.59. The molecule has 0 bridgehead atoms. The summed E-state index contributed by atoms with van der Waals surface area (Å²) in [7, 11) is 0. The summed E-state index contributed by atoms with van der Waals surface area (Å²) in [6.07, 6.45) is 4.51. The molecule has 5 rings (SSSR count). The Hall–Kier alpha value is -3.66. The number of benzene rings is 2. The molecule has 1 aliphatic carbocycles. The van der Waals surface area contributed by atoms with Gasteiger partial charge < -0.3 is 9.73 Å². The molecule has 1 aliphatic rings. The first-order valence-corrected chi connectivity index (χ1v) is 8.59. The van der Waals surface area contributed by atoms with Gasteiger partial charge in [0, 0.05) is 16.6 Å². The zero-order valence-corrected chi connectivity index (χ0v) is 14.2. The van der Waals surface area contributed by atoms with Crippen LogP contribution in [0.15, 0.2) is 47.3 Å². The van der Waals surface area contributed by atoms with E-state index in [2.05, 4.69) is 20.5 Å². The molecule has 0 spiro atoms. The van der Waals surface area contributed by atoms with Crippen LogP contribution in [-0.2, 0) is 6.42 Å². The van der Waals surface area contributed by atoms with Crippen LogP contribution in [0.2, 0.25) is 0 Å². The first kappa shape index (κ1) is 15.6. The van der Waals surface area contributed by atoms with Gasteiger partial charge in [0.2, 0.25) is 0 Å². The molecule has 0 saturated heterocycles. The van der Waals surface area contributed by atoms with Crippen LogP contribution in [-0.4, -0.2) is 15.2 Å². The molecule has 0 unspecified atom stereocenters. The number of aryl methyl sites for hydroxylation is 1. The summed E-state index contributed by atoms with van der Waals surface area (Å²) in [5, 5.41) is 20.6. The summed E-state index contributed by atoms with van der Waals surface area (Å²) >= 11 is 0. The fraction of sp³-hybridized carbons (Fsp3) is 0.150. The second-order valence-electron chi connectivity index (χ2n) is 6.58. The van der Waals surface area contributed by atoms with Crippen molar-refractivity contribution >= 4 is 16.6 Å². The third-order valence-corrected chi connectivity index (χ3v) is 4.96. The van der Waals surface area contributed by atoms with Crippen molar-refractivity contribution in [2.75, 3.05) is 5.32 Å². The van der Waals surface area contributed by atoms with E-state index in [1.165, 1.54) is 12.5 Å². The Labute approximate surface area is 153 Å². The van der Waals surface area contributed by atoms with Crippen molar-refractivity contribution in [3.63, 3.8) is 0 Å². The third-order valence-electron chi connectivity index (χ3n) is 4.96. The van der Waals surface area contributed by atoms with Gasteiger partial charge in [-0.1, -0.05) is 0 Å². The van der Waals surface area contributed by atoms with E-state index in [0.29, 0.717) is 22.6 Å². The van der Waals surface area contributed by atoms with Crippen LogP contribution in [0.1, 0.15) is 29.2 Å². The molecule has 0 aliphatic heterocycles. The van der Waals surface area contributed by atoms with Crippen LogP contribution in [0.25, 0.3) is 22.4 Å². The average molecular weight is 359 g/mol. The van der Waals surface area contributed by atoms with Crippen LogP contribution in [0.3, 0.4) is 0 Å². The molecule has 0 amide bonds. The Morgan fingerprint density at radius 1 is 1.30 bits per heavy atom. The molecule has 4 aromatic rings. The summed E-state index contributed by atoms with van der Waals surface area (Å²) in [6, 6.07) is 10.8. The lowest BCUT2D eigenvalue weighted by atomic mass is 10.0. The molecule has 0 radical (unpaired) electrons. The van der Waals surface area contributed by atoms with E-state index in [0.717, 1.165) is 35.0 Å². The number of aromatic amines is 1. The molecule has 7 heteroatoms. The molecule has 2 N–H and O–H groups in total. The van der Waals surface area contributed by atoms with Gasteiger partial charge in [0.25, 0.3) is 0 Å². The zero-order valence-electron chi connectivity index (χ0n) is 14.2. The lowest BCUT2D eigenvalue weighted by molar-refractivity contribution is 0.570. The predicted octanol–water partition coefficient (Wildman–Crippen LogP) is 4.33. The Balaban J connectivity index is 1.50. The molecule has 2 aromatic heterocycles. The van der Waals surface area contributed by atoms with Crippen LogP contribution in [0.5, 0.6) is 0 Å². The van der Waals surface area contributed by atoms with Crippen LogP contribution < -0.4 is 5.32 Å². The highest BCUT2D eigenvalue weighted by Crippen LogP contribution is 2.37. The number of nitriles is 1. The fourth-order valence-electron chi connectivity index (χ4n) is 3.75. The van der Waals surface area contributed by atoms with Gasteiger partial charge in [0.05, 0.1) is 29.4 Å². The second-order valence-corrected chi connectivity index (χ2v) is 6.58. The molecule has 2 aromatic carbocycles. The minimum absolute atomic E-state index is 0.133. The molecule has 0 fully saturated rings. The predicted molar refractivity (Wildman–Crippen MR) is 97.4 cm³/mol. The summed E-state index contributed by atoms with van der Waals surface area (Å²) < 4.78 is 19.9. The maximum atomic E-state index is 14.5. The van der Waals surface area contributed by atoms with E-state index >= 15 is 0 Å². The van der Waals surface area contributed by atoms with Gasteiger partial charge >= 0.3 is 0 Å². The summed E-state index contributed by atoms with van der Waals surface area (Å²) in [5.41, 5.74) is 4.34. The number of aromatic nitrogens is 3. The number of nitrogens with one attached hydrogen (secondary N) is 2. The zero-order chi connectivity index (χ0) is 18.4.